The third-order valence-electron chi connectivity index (χ3n) is 3.82. The lowest BCUT2D eigenvalue weighted by molar-refractivity contribution is 0.581. The molecule has 138 valence electrons. The fourth-order valence-electron chi connectivity index (χ4n) is 2.54. The van der Waals surface area contributed by atoms with Crippen LogP contribution in [0.4, 0.5) is 5.82 Å². The molecule has 2 N–H and O–H groups in total. The molecule has 26 heavy (non-hydrogen) atoms. The monoisotopic (exact) mass is 376 g/mol. The van der Waals surface area contributed by atoms with E-state index in [2.05, 4.69) is 30.4 Å². The van der Waals surface area contributed by atoms with Gasteiger partial charge in [0, 0.05) is 32.5 Å². The zero-order chi connectivity index (χ0) is 18.7. The molecule has 3 aromatic rings. The van der Waals surface area contributed by atoms with E-state index in [1.807, 2.05) is 0 Å². The maximum absolute atomic E-state index is 12.4. The van der Waals surface area contributed by atoms with Crippen LogP contribution in [0.5, 0.6) is 0 Å². The van der Waals surface area contributed by atoms with Gasteiger partial charge >= 0.3 is 0 Å². The van der Waals surface area contributed by atoms with Crippen LogP contribution in [-0.4, -0.2) is 51.3 Å². The summed E-state index contributed by atoms with van der Waals surface area (Å²) in [5, 5.41) is 19.3. The van der Waals surface area contributed by atoms with Crippen LogP contribution in [0.25, 0.3) is 5.82 Å². The SMILES string of the molecule is Cc1nn(C)c(C)c1S(=O)(=O)NCCNc1ccc(-n2cccn2)nn1. The summed E-state index contributed by atoms with van der Waals surface area (Å²) in [6, 6.07) is 5.33. The predicted molar refractivity (Wildman–Crippen MR) is 95.5 cm³/mol. The average Bonchev–Trinajstić information content (AvgIpc) is 3.21. The Labute approximate surface area is 151 Å². The molecule has 0 amide bonds. The van der Waals surface area contributed by atoms with Gasteiger partial charge in [-0.15, -0.1) is 10.2 Å². The minimum absolute atomic E-state index is 0.207. The molecule has 0 saturated carbocycles. The van der Waals surface area contributed by atoms with Gasteiger partial charge in [0.15, 0.2) is 5.82 Å². The number of aromatic nitrogens is 6. The van der Waals surface area contributed by atoms with Crippen molar-refractivity contribution in [3.8, 4) is 5.82 Å². The maximum Gasteiger partial charge on any atom is 0.244 e. The molecule has 0 spiro atoms. The summed E-state index contributed by atoms with van der Waals surface area (Å²) < 4.78 is 30.6. The van der Waals surface area contributed by atoms with Gasteiger partial charge in [-0.05, 0) is 32.0 Å². The Bertz CT molecular complexity index is 978. The van der Waals surface area contributed by atoms with Gasteiger partial charge < -0.3 is 5.32 Å². The molecule has 0 aliphatic carbocycles. The first kappa shape index (κ1) is 18.0. The van der Waals surface area contributed by atoms with E-state index < -0.39 is 10.0 Å². The second-order valence-corrected chi connectivity index (χ2v) is 7.38. The van der Waals surface area contributed by atoms with Crippen molar-refractivity contribution >= 4 is 15.8 Å². The zero-order valence-corrected chi connectivity index (χ0v) is 15.5. The van der Waals surface area contributed by atoms with Gasteiger partial charge in [-0.3, -0.25) is 4.68 Å². The number of nitrogens with one attached hydrogen (secondary N) is 2. The zero-order valence-electron chi connectivity index (χ0n) is 14.7. The number of hydrogen-bond donors (Lipinski definition) is 2. The van der Waals surface area contributed by atoms with Crippen molar-refractivity contribution in [2.45, 2.75) is 18.7 Å². The van der Waals surface area contributed by atoms with Crippen molar-refractivity contribution in [3.63, 3.8) is 0 Å². The van der Waals surface area contributed by atoms with Crippen molar-refractivity contribution in [3.05, 3.63) is 42.0 Å². The molecular formula is C15H20N8O2S. The van der Waals surface area contributed by atoms with Crippen LogP contribution >= 0.6 is 0 Å². The molecule has 0 bridgehead atoms. The van der Waals surface area contributed by atoms with Crippen LogP contribution in [0.3, 0.4) is 0 Å². The van der Waals surface area contributed by atoms with Crippen LogP contribution in [0, 0.1) is 13.8 Å². The topological polar surface area (TPSA) is 120 Å². The first-order valence-electron chi connectivity index (χ1n) is 7.96. The second kappa shape index (κ2) is 7.22. The number of nitrogens with zero attached hydrogens (tertiary/aromatic N) is 6. The van der Waals surface area contributed by atoms with Crippen LogP contribution in [0.1, 0.15) is 11.4 Å². The van der Waals surface area contributed by atoms with Gasteiger partial charge in [0.05, 0.1) is 11.4 Å². The molecule has 3 aromatic heterocycles. The molecule has 10 nitrogen and oxygen atoms in total. The lowest BCUT2D eigenvalue weighted by Crippen LogP contribution is -2.29. The van der Waals surface area contributed by atoms with Crippen molar-refractivity contribution in [1.29, 1.82) is 0 Å². The van der Waals surface area contributed by atoms with Crippen molar-refractivity contribution in [1.82, 2.24) is 34.5 Å². The largest absolute Gasteiger partial charge is 0.367 e. The van der Waals surface area contributed by atoms with Crippen LogP contribution in [-0.2, 0) is 17.1 Å². The Morgan fingerprint density at radius 1 is 1.15 bits per heavy atom. The highest BCUT2D eigenvalue weighted by molar-refractivity contribution is 7.89. The first-order chi connectivity index (χ1) is 12.4. The summed E-state index contributed by atoms with van der Waals surface area (Å²) in [5.74, 6) is 1.15. The fraction of sp³-hybridized carbons (Fsp3) is 0.333. The lowest BCUT2D eigenvalue weighted by atomic mass is 10.4. The first-order valence-corrected chi connectivity index (χ1v) is 9.44. The Kier molecular flexibility index (Phi) is 5.00. The van der Waals surface area contributed by atoms with Gasteiger partial charge in [-0.25, -0.2) is 17.8 Å². The summed E-state index contributed by atoms with van der Waals surface area (Å²) in [7, 11) is -1.90. The highest BCUT2D eigenvalue weighted by Crippen LogP contribution is 2.17. The highest BCUT2D eigenvalue weighted by atomic mass is 32.2. The van der Waals surface area contributed by atoms with Crippen LogP contribution in [0.15, 0.2) is 35.5 Å². The predicted octanol–water partition coefficient (Wildman–Crippen LogP) is 0.403. The molecule has 0 aliphatic rings. The summed E-state index contributed by atoms with van der Waals surface area (Å²) in [4.78, 5) is 0.225. The van der Waals surface area contributed by atoms with Crippen LogP contribution in [0.2, 0.25) is 0 Å². The molecule has 0 aromatic carbocycles. The summed E-state index contributed by atoms with van der Waals surface area (Å²) in [5.41, 5.74) is 1.08. The summed E-state index contributed by atoms with van der Waals surface area (Å²) in [6.45, 7) is 3.98. The number of aryl methyl sites for hydroxylation is 2. The molecule has 0 fully saturated rings. The summed E-state index contributed by atoms with van der Waals surface area (Å²) >= 11 is 0. The normalized spacial score (nSPS) is 11.7. The van der Waals surface area contributed by atoms with E-state index in [0.717, 1.165) is 0 Å². The minimum atomic E-state index is -3.61. The van der Waals surface area contributed by atoms with E-state index in [0.29, 0.717) is 29.6 Å². The number of sulfonamides is 1. The Morgan fingerprint density at radius 2 is 1.96 bits per heavy atom. The Balaban J connectivity index is 1.55. The molecule has 0 saturated heterocycles. The molecule has 0 aliphatic heterocycles. The Morgan fingerprint density at radius 3 is 2.54 bits per heavy atom. The van der Waals surface area contributed by atoms with E-state index in [1.54, 1.807) is 60.9 Å². The van der Waals surface area contributed by atoms with E-state index in [9.17, 15) is 8.42 Å². The van der Waals surface area contributed by atoms with Gasteiger partial charge in [-0.1, -0.05) is 0 Å². The van der Waals surface area contributed by atoms with E-state index >= 15 is 0 Å². The molecule has 11 heteroatoms. The minimum Gasteiger partial charge on any atom is -0.367 e. The fourth-order valence-corrected chi connectivity index (χ4v) is 4.00. The smallest absolute Gasteiger partial charge is 0.244 e. The number of anilines is 1. The van der Waals surface area contributed by atoms with E-state index in [-0.39, 0.29) is 11.4 Å². The van der Waals surface area contributed by atoms with E-state index in [1.165, 1.54) is 0 Å². The summed E-state index contributed by atoms with van der Waals surface area (Å²) in [6.07, 6.45) is 3.43. The van der Waals surface area contributed by atoms with Gasteiger partial charge in [0.2, 0.25) is 10.0 Å². The van der Waals surface area contributed by atoms with Gasteiger partial charge in [-0.2, -0.15) is 10.2 Å². The van der Waals surface area contributed by atoms with Crippen molar-refractivity contribution in [2.24, 2.45) is 7.05 Å². The maximum atomic E-state index is 12.4. The molecule has 0 radical (unpaired) electrons. The van der Waals surface area contributed by atoms with Crippen LogP contribution < -0.4 is 10.0 Å². The lowest BCUT2D eigenvalue weighted by Gasteiger charge is -2.09. The molecule has 3 heterocycles. The third kappa shape index (κ3) is 3.73. The number of rotatable bonds is 7. The highest BCUT2D eigenvalue weighted by Gasteiger charge is 2.23. The average molecular weight is 376 g/mol. The molecular weight excluding hydrogens is 356 g/mol. The quantitative estimate of drug-likeness (QED) is 0.573. The standard InChI is InChI=1S/C15H20N8O2S/c1-11-15(12(2)22(3)21-11)26(24,25)18-9-8-16-13-5-6-14(20-19-13)23-10-4-7-17-23/h4-7,10,18H,8-9H2,1-3H3,(H,16,19). The number of hydrogen-bond acceptors (Lipinski definition) is 7. The molecule has 0 atom stereocenters. The third-order valence-corrected chi connectivity index (χ3v) is 5.54. The second-order valence-electron chi connectivity index (χ2n) is 5.68. The van der Waals surface area contributed by atoms with Crippen molar-refractivity contribution < 1.29 is 8.42 Å². The van der Waals surface area contributed by atoms with Gasteiger partial charge in [0.1, 0.15) is 10.7 Å². The van der Waals surface area contributed by atoms with Gasteiger partial charge in [0.25, 0.3) is 0 Å². The Hall–Kier alpha value is -2.79. The molecule has 0 unspecified atom stereocenters. The molecule has 3 rings (SSSR count). The van der Waals surface area contributed by atoms with E-state index in [4.69, 9.17) is 0 Å². The van der Waals surface area contributed by atoms with Crippen molar-refractivity contribution in [2.75, 3.05) is 18.4 Å².